The van der Waals surface area contributed by atoms with Gasteiger partial charge in [0.15, 0.2) is 4.64 Å². The van der Waals surface area contributed by atoms with Crippen molar-refractivity contribution < 1.29 is 0 Å². The first-order chi connectivity index (χ1) is 6.29. The van der Waals surface area contributed by atoms with Crippen molar-refractivity contribution in [2.24, 2.45) is 5.41 Å². The van der Waals surface area contributed by atoms with Crippen molar-refractivity contribution in [3.63, 3.8) is 0 Å². The molecule has 3 N–H and O–H groups in total. The minimum atomic E-state index is 0.144. The molecule has 0 fully saturated rings. The second kappa shape index (κ2) is 3.87. The smallest absolute Gasteiger partial charge is 0.154 e. The van der Waals surface area contributed by atoms with Crippen molar-refractivity contribution in [3.05, 3.63) is 15.6 Å². The number of hydrogen-bond donors (Lipinski definition) is 2. The highest BCUT2D eigenvalue weighted by molar-refractivity contribution is 7.71. The van der Waals surface area contributed by atoms with E-state index in [0.717, 1.165) is 12.2 Å². The van der Waals surface area contributed by atoms with Crippen molar-refractivity contribution in [1.82, 2.24) is 9.97 Å². The maximum Gasteiger partial charge on any atom is 0.154 e. The lowest BCUT2D eigenvalue weighted by atomic mass is 9.92. The van der Waals surface area contributed by atoms with Crippen LogP contribution in [0.4, 0.5) is 5.69 Å². The first-order valence-electron chi connectivity index (χ1n) is 4.34. The lowest BCUT2D eigenvalue weighted by Gasteiger charge is -2.17. The number of nitrogen functional groups attached to an aromatic ring is 1. The van der Waals surface area contributed by atoms with Crippen molar-refractivity contribution in [1.29, 1.82) is 0 Å². The fraction of sp³-hybridized carbons (Fsp3) is 0.556. The fourth-order valence-corrected chi connectivity index (χ4v) is 1.55. The molecule has 1 aromatic heterocycles. The van der Waals surface area contributed by atoms with E-state index in [4.69, 9.17) is 29.6 Å². The molecule has 0 spiro atoms. The second-order valence-corrected chi connectivity index (χ2v) is 5.22. The van der Waals surface area contributed by atoms with Gasteiger partial charge in [-0.05, 0) is 5.41 Å². The Morgan fingerprint density at radius 1 is 1.50 bits per heavy atom. The molecular formula is C9H14ClN3S. The van der Waals surface area contributed by atoms with Crippen molar-refractivity contribution >= 4 is 29.5 Å². The third-order valence-corrected chi connectivity index (χ3v) is 2.26. The predicted octanol–water partition coefficient (Wildman–Crippen LogP) is 2.96. The fourth-order valence-electron chi connectivity index (χ4n) is 1.08. The number of aromatic nitrogens is 2. The van der Waals surface area contributed by atoms with Gasteiger partial charge in [-0.15, -0.1) is 0 Å². The number of hydrogen-bond acceptors (Lipinski definition) is 3. The average molecular weight is 232 g/mol. The maximum atomic E-state index is 5.86. The molecule has 0 saturated heterocycles. The van der Waals surface area contributed by atoms with Crippen LogP contribution in [0.25, 0.3) is 0 Å². The summed E-state index contributed by atoms with van der Waals surface area (Å²) >= 11 is 10.8. The zero-order valence-electron chi connectivity index (χ0n) is 8.52. The summed E-state index contributed by atoms with van der Waals surface area (Å²) in [7, 11) is 0. The molecule has 0 amide bonds. The number of nitrogens with one attached hydrogen (secondary N) is 1. The van der Waals surface area contributed by atoms with Crippen LogP contribution < -0.4 is 5.73 Å². The van der Waals surface area contributed by atoms with E-state index in [-0.39, 0.29) is 5.41 Å². The van der Waals surface area contributed by atoms with Gasteiger partial charge in [-0.3, -0.25) is 0 Å². The van der Waals surface area contributed by atoms with Crippen LogP contribution in [0, 0.1) is 10.1 Å². The van der Waals surface area contributed by atoms with E-state index in [0.29, 0.717) is 15.5 Å². The van der Waals surface area contributed by atoms with E-state index < -0.39 is 0 Å². The number of nitrogens with two attached hydrogens (primary N) is 1. The molecule has 14 heavy (non-hydrogen) atoms. The van der Waals surface area contributed by atoms with Crippen molar-refractivity contribution in [2.45, 2.75) is 27.2 Å². The molecule has 3 nitrogen and oxygen atoms in total. The van der Waals surface area contributed by atoms with Gasteiger partial charge in [-0.1, -0.05) is 44.6 Å². The van der Waals surface area contributed by atoms with E-state index in [1.54, 1.807) is 0 Å². The van der Waals surface area contributed by atoms with Crippen LogP contribution in [0.5, 0.6) is 0 Å². The first-order valence-corrected chi connectivity index (χ1v) is 5.12. The standard InChI is InChI=1S/C9H14ClN3S/c1-9(2,3)4-5-12-7(10)6(11)8(14)13-5/h4,11H2,1-3H3,(H,12,13,14). The summed E-state index contributed by atoms with van der Waals surface area (Å²) in [6, 6.07) is 0. The normalized spacial score (nSPS) is 11.7. The molecule has 0 radical (unpaired) electrons. The van der Waals surface area contributed by atoms with E-state index in [9.17, 15) is 0 Å². The van der Waals surface area contributed by atoms with E-state index in [1.165, 1.54) is 0 Å². The van der Waals surface area contributed by atoms with Crippen LogP contribution >= 0.6 is 23.8 Å². The minimum absolute atomic E-state index is 0.144. The van der Waals surface area contributed by atoms with Crippen LogP contribution in [0.1, 0.15) is 26.6 Å². The Kier molecular flexibility index (Phi) is 3.17. The second-order valence-electron chi connectivity index (χ2n) is 4.45. The monoisotopic (exact) mass is 231 g/mol. The molecule has 0 aliphatic carbocycles. The average Bonchev–Trinajstić information content (AvgIpc) is 1.96. The Balaban J connectivity index is 3.08. The molecule has 0 aromatic carbocycles. The molecule has 0 aliphatic heterocycles. The van der Waals surface area contributed by atoms with Crippen LogP contribution in [-0.4, -0.2) is 9.97 Å². The molecule has 0 bridgehead atoms. The van der Waals surface area contributed by atoms with Crippen LogP contribution in [0.15, 0.2) is 0 Å². The highest BCUT2D eigenvalue weighted by atomic mass is 35.5. The van der Waals surface area contributed by atoms with Gasteiger partial charge >= 0.3 is 0 Å². The Hall–Kier alpha value is -0.610. The number of nitrogens with zero attached hydrogens (tertiary/aromatic N) is 1. The first kappa shape index (κ1) is 11.5. The Bertz CT molecular complexity index is 392. The van der Waals surface area contributed by atoms with E-state index in [2.05, 4.69) is 30.7 Å². The highest BCUT2D eigenvalue weighted by Gasteiger charge is 2.14. The molecule has 1 heterocycles. The van der Waals surface area contributed by atoms with Crippen molar-refractivity contribution in [3.8, 4) is 0 Å². The molecule has 1 aromatic rings. The number of H-pyrrole nitrogens is 1. The molecule has 0 saturated carbocycles. The van der Waals surface area contributed by atoms with Gasteiger partial charge in [0.25, 0.3) is 0 Å². The summed E-state index contributed by atoms with van der Waals surface area (Å²) in [6.45, 7) is 6.36. The number of rotatable bonds is 1. The third-order valence-electron chi connectivity index (χ3n) is 1.66. The van der Waals surface area contributed by atoms with Crippen molar-refractivity contribution in [2.75, 3.05) is 5.73 Å². The number of anilines is 1. The van der Waals surface area contributed by atoms with Crippen LogP contribution in [0.2, 0.25) is 5.15 Å². The molecule has 5 heteroatoms. The van der Waals surface area contributed by atoms with Gasteiger partial charge in [0.1, 0.15) is 16.7 Å². The molecule has 0 atom stereocenters. The Labute approximate surface area is 93.7 Å². The van der Waals surface area contributed by atoms with Gasteiger partial charge < -0.3 is 10.7 Å². The van der Waals surface area contributed by atoms with Crippen LogP contribution in [-0.2, 0) is 6.42 Å². The quantitative estimate of drug-likeness (QED) is 0.577. The van der Waals surface area contributed by atoms with Gasteiger partial charge in [0.05, 0.1) is 0 Å². The number of aromatic amines is 1. The summed E-state index contributed by atoms with van der Waals surface area (Å²) in [5, 5.41) is 0.379. The number of halogens is 1. The summed E-state index contributed by atoms with van der Waals surface area (Å²) < 4.78 is 0.369. The van der Waals surface area contributed by atoms with Gasteiger partial charge in [-0.25, -0.2) is 4.98 Å². The minimum Gasteiger partial charge on any atom is -0.394 e. The topological polar surface area (TPSA) is 54.7 Å². The highest BCUT2D eigenvalue weighted by Crippen LogP contribution is 2.21. The van der Waals surface area contributed by atoms with Gasteiger partial charge in [-0.2, -0.15) is 0 Å². The zero-order valence-corrected chi connectivity index (χ0v) is 10.1. The van der Waals surface area contributed by atoms with Gasteiger partial charge in [0.2, 0.25) is 0 Å². The van der Waals surface area contributed by atoms with E-state index >= 15 is 0 Å². The molecule has 0 aliphatic rings. The maximum absolute atomic E-state index is 5.86. The summed E-state index contributed by atoms with van der Waals surface area (Å²) in [6.07, 6.45) is 0.788. The third kappa shape index (κ3) is 2.96. The van der Waals surface area contributed by atoms with Gasteiger partial charge in [0, 0.05) is 6.42 Å². The molecule has 78 valence electrons. The predicted molar refractivity (Wildman–Crippen MR) is 62.0 cm³/mol. The lowest BCUT2D eigenvalue weighted by molar-refractivity contribution is 0.400. The molecule has 1 rings (SSSR count). The zero-order chi connectivity index (χ0) is 10.9. The molecule has 0 unspecified atom stereocenters. The Morgan fingerprint density at radius 2 is 2.07 bits per heavy atom. The lowest BCUT2D eigenvalue weighted by Crippen LogP contribution is -2.12. The summed E-state index contributed by atoms with van der Waals surface area (Å²) in [4.78, 5) is 7.10. The molecular weight excluding hydrogens is 218 g/mol. The largest absolute Gasteiger partial charge is 0.394 e. The van der Waals surface area contributed by atoms with Crippen LogP contribution in [0.3, 0.4) is 0 Å². The summed E-state index contributed by atoms with van der Waals surface area (Å²) in [5.74, 6) is 0.779. The SMILES string of the molecule is CC(C)(C)Cc1nc(=S)c(N)c(Cl)[nH]1. The Morgan fingerprint density at radius 3 is 2.50 bits per heavy atom. The van der Waals surface area contributed by atoms with E-state index in [1.807, 2.05) is 0 Å². The summed E-state index contributed by atoms with van der Waals surface area (Å²) in [5.41, 5.74) is 6.07.